The zero-order valence-corrected chi connectivity index (χ0v) is 11.4. The molecule has 0 aliphatic heterocycles. The highest BCUT2D eigenvalue weighted by atomic mass is 32.2. The van der Waals surface area contributed by atoms with Crippen LogP contribution in [0.1, 0.15) is 11.3 Å². The monoisotopic (exact) mass is 292 g/mol. The third kappa shape index (κ3) is 3.35. The van der Waals surface area contributed by atoms with Crippen LogP contribution in [0.3, 0.4) is 0 Å². The molecule has 0 aliphatic carbocycles. The van der Waals surface area contributed by atoms with Crippen molar-refractivity contribution < 1.29 is 4.92 Å². The highest BCUT2D eigenvalue weighted by Gasteiger charge is 2.11. The minimum atomic E-state index is -0.522. The summed E-state index contributed by atoms with van der Waals surface area (Å²) in [4.78, 5) is 28.2. The zero-order chi connectivity index (χ0) is 14.7. The van der Waals surface area contributed by atoms with Gasteiger partial charge in [0, 0.05) is 23.6 Å². The Bertz CT molecular complexity index is 714. The van der Waals surface area contributed by atoms with Crippen molar-refractivity contribution in [2.45, 2.75) is 17.8 Å². The van der Waals surface area contributed by atoms with Gasteiger partial charge >= 0.3 is 0 Å². The van der Waals surface area contributed by atoms with Crippen molar-refractivity contribution in [1.29, 1.82) is 0 Å². The molecule has 1 aromatic carbocycles. The average Bonchev–Trinajstić information content (AvgIpc) is 2.35. The van der Waals surface area contributed by atoms with Crippen LogP contribution in [0.25, 0.3) is 0 Å². The number of aryl methyl sites for hydroxylation is 1. The number of hydrogen-bond donors (Lipinski definition) is 2. The van der Waals surface area contributed by atoms with Gasteiger partial charge in [0.1, 0.15) is 5.69 Å². The molecule has 0 radical (unpaired) electrons. The molecule has 0 atom stereocenters. The Morgan fingerprint density at radius 2 is 2.20 bits per heavy atom. The summed E-state index contributed by atoms with van der Waals surface area (Å²) in [5.41, 5.74) is 6.88. The fourth-order valence-corrected chi connectivity index (χ4v) is 2.50. The second-order valence-electron chi connectivity index (χ2n) is 4.13. The molecule has 0 bridgehead atoms. The van der Waals surface area contributed by atoms with Gasteiger partial charge in [0.05, 0.1) is 4.92 Å². The summed E-state index contributed by atoms with van der Waals surface area (Å²) in [6.45, 7) is 1.74. The molecule has 0 unspecified atom stereocenters. The molecule has 1 aromatic heterocycles. The number of rotatable bonds is 4. The minimum Gasteiger partial charge on any atom is -0.393 e. The number of H-pyrrole nitrogens is 1. The molecule has 0 fully saturated rings. The summed E-state index contributed by atoms with van der Waals surface area (Å²) in [6.07, 6.45) is 0. The number of nitro groups is 1. The number of nitrogens with two attached hydrogens (primary N) is 1. The molecule has 8 heteroatoms. The van der Waals surface area contributed by atoms with E-state index in [0.29, 0.717) is 16.6 Å². The van der Waals surface area contributed by atoms with Crippen molar-refractivity contribution in [2.24, 2.45) is 0 Å². The third-order valence-electron chi connectivity index (χ3n) is 2.51. The Morgan fingerprint density at radius 3 is 2.80 bits per heavy atom. The molecule has 7 nitrogen and oxygen atoms in total. The maximum absolute atomic E-state index is 11.3. The van der Waals surface area contributed by atoms with Gasteiger partial charge in [-0.1, -0.05) is 17.8 Å². The molecule has 1 heterocycles. The van der Waals surface area contributed by atoms with Crippen molar-refractivity contribution in [3.8, 4) is 0 Å². The number of aromatic amines is 1. The lowest BCUT2D eigenvalue weighted by Crippen LogP contribution is -2.08. The maximum atomic E-state index is 11.3. The summed E-state index contributed by atoms with van der Waals surface area (Å²) in [7, 11) is 0. The van der Waals surface area contributed by atoms with E-state index in [1.165, 1.54) is 23.9 Å². The lowest BCUT2D eigenvalue weighted by atomic mass is 10.2. The molecular formula is C12H12N4O3S. The van der Waals surface area contributed by atoms with E-state index in [-0.39, 0.29) is 16.9 Å². The maximum Gasteiger partial charge on any atom is 0.292 e. The number of aromatic nitrogens is 2. The standard InChI is InChI=1S/C12H12N4O3S/c1-7-4-11(17)15-12(14-7)20-6-8-2-3-10(16(18)19)9(13)5-8/h2-5H,6,13H2,1H3,(H,14,15,17). The minimum absolute atomic E-state index is 0.110. The van der Waals surface area contributed by atoms with Crippen LogP contribution in [0.15, 0.2) is 34.2 Å². The number of nitrogens with zero attached hydrogens (tertiary/aromatic N) is 2. The molecule has 0 spiro atoms. The van der Waals surface area contributed by atoms with Gasteiger partial charge in [0.2, 0.25) is 0 Å². The molecule has 20 heavy (non-hydrogen) atoms. The van der Waals surface area contributed by atoms with Crippen molar-refractivity contribution >= 4 is 23.1 Å². The van der Waals surface area contributed by atoms with Gasteiger partial charge < -0.3 is 10.7 Å². The van der Waals surface area contributed by atoms with Crippen molar-refractivity contribution in [3.05, 3.63) is 56.0 Å². The van der Waals surface area contributed by atoms with Gasteiger partial charge in [-0.25, -0.2) is 4.98 Å². The second kappa shape index (κ2) is 5.74. The normalized spacial score (nSPS) is 10.4. The van der Waals surface area contributed by atoms with Crippen LogP contribution in [0.4, 0.5) is 11.4 Å². The fourth-order valence-electron chi connectivity index (χ4n) is 1.63. The number of thioether (sulfide) groups is 1. The smallest absolute Gasteiger partial charge is 0.292 e. The molecular weight excluding hydrogens is 280 g/mol. The number of nitro benzene ring substituents is 1. The van der Waals surface area contributed by atoms with E-state index in [9.17, 15) is 14.9 Å². The van der Waals surface area contributed by atoms with Gasteiger partial charge in [0.15, 0.2) is 5.16 Å². The summed E-state index contributed by atoms with van der Waals surface area (Å²) < 4.78 is 0. The number of hydrogen-bond acceptors (Lipinski definition) is 6. The summed E-state index contributed by atoms with van der Waals surface area (Å²) in [6, 6.07) is 5.97. The second-order valence-corrected chi connectivity index (χ2v) is 5.09. The van der Waals surface area contributed by atoms with E-state index >= 15 is 0 Å². The van der Waals surface area contributed by atoms with Crippen LogP contribution >= 0.6 is 11.8 Å². The van der Waals surface area contributed by atoms with Crippen LogP contribution in [-0.4, -0.2) is 14.9 Å². The van der Waals surface area contributed by atoms with Crippen LogP contribution in [0.2, 0.25) is 0 Å². The first-order valence-electron chi connectivity index (χ1n) is 5.69. The van der Waals surface area contributed by atoms with E-state index in [2.05, 4.69) is 9.97 Å². The van der Waals surface area contributed by atoms with Crippen LogP contribution in [0.5, 0.6) is 0 Å². The van der Waals surface area contributed by atoms with Crippen LogP contribution in [0, 0.1) is 17.0 Å². The van der Waals surface area contributed by atoms with Crippen LogP contribution < -0.4 is 11.3 Å². The van der Waals surface area contributed by atoms with Gasteiger partial charge in [-0.3, -0.25) is 14.9 Å². The highest BCUT2D eigenvalue weighted by molar-refractivity contribution is 7.98. The Balaban J connectivity index is 2.13. The zero-order valence-electron chi connectivity index (χ0n) is 10.6. The number of nitrogen functional groups attached to an aromatic ring is 1. The van der Waals surface area contributed by atoms with E-state index < -0.39 is 4.92 Å². The summed E-state index contributed by atoms with van der Waals surface area (Å²) >= 11 is 1.33. The number of nitrogens with one attached hydrogen (secondary N) is 1. The Labute approximate surface area is 118 Å². The first kappa shape index (κ1) is 14.1. The third-order valence-corrected chi connectivity index (χ3v) is 3.46. The summed E-state index contributed by atoms with van der Waals surface area (Å²) in [5, 5.41) is 11.2. The predicted octanol–water partition coefficient (Wildman–Crippen LogP) is 1.86. The first-order valence-corrected chi connectivity index (χ1v) is 6.68. The Hall–Kier alpha value is -2.35. The molecule has 0 saturated heterocycles. The molecule has 0 aliphatic rings. The van der Waals surface area contributed by atoms with Gasteiger partial charge in [0.25, 0.3) is 11.2 Å². The average molecular weight is 292 g/mol. The van der Waals surface area contributed by atoms with Crippen molar-refractivity contribution in [1.82, 2.24) is 9.97 Å². The lowest BCUT2D eigenvalue weighted by Gasteiger charge is -2.03. The number of anilines is 1. The van der Waals surface area contributed by atoms with Gasteiger partial charge in [-0.2, -0.15) is 0 Å². The highest BCUT2D eigenvalue weighted by Crippen LogP contribution is 2.25. The van der Waals surface area contributed by atoms with E-state index in [1.807, 2.05) is 0 Å². The quantitative estimate of drug-likeness (QED) is 0.292. The van der Waals surface area contributed by atoms with E-state index in [4.69, 9.17) is 5.73 Å². The SMILES string of the molecule is Cc1cc(=O)[nH]c(SCc2ccc([N+](=O)[O-])c(N)c2)n1. The molecule has 104 valence electrons. The lowest BCUT2D eigenvalue weighted by molar-refractivity contribution is -0.383. The summed E-state index contributed by atoms with van der Waals surface area (Å²) in [5.74, 6) is 0.509. The van der Waals surface area contributed by atoms with E-state index in [1.54, 1.807) is 19.1 Å². The van der Waals surface area contributed by atoms with E-state index in [0.717, 1.165) is 5.56 Å². The topological polar surface area (TPSA) is 115 Å². The molecule has 2 aromatic rings. The number of benzene rings is 1. The molecule has 2 rings (SSSR count). The first-order chi connectivity index (χ1) is 9.45. The van der Waals surface area contributed by atoms with Gasteiger partial charge in [-0.05, 0) is 18.6 Å². The van der Waals surface area contributed by atoms with Crippen molar-refractivity contribution in [2.75, 3.05) is 5.73 Å². The Morgan fingerprint density at radius 1 is 1.45 bits per heavy atom. The fraction of sp³-hybridized carbons (Fsp3) is 0.167. The molecule has 3 N–H and O–H groups in total. The Kier molecular flexibility index (Phi) is 4.04. The largest absolute Gasteiger partial charge is 0.393 e. The predicted molar refractivity (Wildman–Crippen MR) is 76.7 cm³/mol. The molecule has 0 amide bonds. The molecule has 0 saturated carbocycles. The van der Waals surface area contributed by atoms with Gasteiger partial charge in [-0.15, -0.1) is 0 Å². The van der Waals surface area contributed by atoms with Crippen molar-refractivity contribution in [3.63, 3.8) is 0 Å². The van der Waals surface area contributed by atoms with Crippen LogP contribution in [-0.2, 0) is 5.75 Å².